The minimum atomic E-state index is -3.65. The van der Waals surface area contributed by atoms with Crippen LogP contribution < -0.4 is 10.5 Å². The lowest BCUT2D eigenvalue weighted by atomic mass is 10.2. The van der Waals surface area contributed by atoms with Crippen molar-refractivity contribution in [1.29, 1.82) is 0 Å². The predicted molar refractivity (Wildman–Crippen MR) is 80.0 cm³/mol. The zero-order valence-electron chi connectivity index (χ0n) is 11.5. The van der Waals surface area contributed by atoms with E-state index in [1.54, 1.807) is 18.3 Å². The topological polar surface area (TPSA) is 85.1 Å². The third-order valence-corrected chi connectivity index (χ3v) is 4.65. The number of fused-ring (bicyclic) bond motifs is 1. The maximum atomic E-state index is 11.4. The predicted octanol–water partition coefficient (Wildman–Crippen LogP) is 1.51. The third-order valence-electron chi connectivity index (χ3n) is 3.74. The van der Waals surface area contributed by atoms with E-state index in [4.69, 9.17) is 5.14 Å². The second kappa shape index (κ2) is 5.55. The van der Waals surface area contributed by atoms with E-state index < -0.39 is 10.0 Å². The summed E-state index contributed by atoms with van der Waals surface area (Å²) in [4.78, 5) is 4.58. The van der Waals surface area contributed by atoms with Crippen molar-refractivity contribution < 1.29 is 8.42 Å². The van der Waals surface area contributed by atoms with E-state index in [0.29, 0.717) is 6.54 Å². The summed E-state index contributed by atoms with van der Waals surface area (Å²) in [6.07, 6.45) is 3.85. The number of aryl methyl sites for hydroxylation is 1. The molecule has 110 valence electrons. The molecule has 0 amide bonds. The highest BCUT2D eigenvalue weighted by Gasteiger charge is 2.22. The largest absolute Gasteiger partial charge is 0.304 e. The maximum absolute atomic E-state index is 11.4. The molecule has 0 aliphatic heterocycles. The van der Waals surface area contributed by atoms with Gasteiger partial charge in [0.05, 0.1) is 16.6 Å². The summed E-state index contributed by atoms with van der Waals surface area (Å²) in [6, 6.07) is 11.0. The van der Waals surface area contributed by atoms with Gasteiger partial charge in [0.2, 0.25) is 10.0 Å². The Kier molecular flexibility index (Phi) is 3.75. The molecule has 3 N–H and O–H groups in total. The van der Waals surface area contributed by atoms with Gasteiger partial charge in [0.1, 0.15) is 0 Å². The summed E-state index contributed by atoms with van der Waals surface area (Å²) >= 11 is 0. The van der Waals surface area contributed by atoms with Gasteiger partial charge in [-0.2, -0.15) is 0 Å². The monoisotopic (exact) mass is 303 g/mol. The van der Waals surface area contributed by atoms with Crippen LogP contribution in [0.3, 0.4) is 0 Å². The number of sulfonamides is 1. The molecule has 1 unspecified atom stereocenters. The van der Waals surface area contributed by atoms with Crippen molar-refractivity contribution in [3.05, 3.63) is 59.4 Å². The normalized spacial score (nSPS) is 17.7. The quantitative estimate of drug-likeness (QED) is 0.896. The van der Waals surface area contributed by atoms with Gasteiger partial charge in [-0.3, -0.25) is 4.98 Å². The minimum Gasteiger partial charge on any atom is -0.304 e. The Hall–Kier alpha value is -1.76. The van der Waals surface area contributed by atoms with E-state index in [0.717, 1.165) is 24.1 Å². The van der Waals surface area contributed by atoms with Gasteiger partial charge in [0.15, 0.2) is 0 Å². The molecule has 5 nitrogen and oxygen atoms in total. The van der Waals surface area contributed by atoms with Crippen LogP contribution in [0.25, 0.3) is 0 Å². The Balaban J connectivity index is 1.72. The van der Waals surface area contributed by atoms with E-state index in [2.05, 4.69) is 16.4 Å². The number of hydrogen-bond donors (Lipinski definition) is 2. The van der Waals surface area contributed by atoms with Gasteiger partial charge >= 0.3 is 0 Å². The average Bonchev–Trinajstić information content (AvgIpc) is 2.88. The van der Waals surface area contributed by atoms with Crippen LogP contribution in [0.5, 0.6) is 0 Å². The summed E-state index contributed by atoms with van der Waals surface area (Å²) in [5.41, 5.74) is 3.28. The summed E-state index contributed by atoms with van der Waals surface area (Å²) < 4.78 is 22.7. The molecule has 1 aromatic heterocycles. The number of nitrogens with zero attached hydrogens (tertiary/aromatic N) is 1. The summed E-state index contributed by atoms with van der Waals surface area (Å²) in [5.74, 6) is 0. The smallest absolute Gasteiger partial charge is 0.238 e. The average molecular weight is 303 g/mol. The Bertz CT molecular complexity index is 759. The summed E-state index contributed by atoms with van der Waals surface area (Å²) in [7, 11) is -3.65. The first-order valence-corrected chi connectivity index (χ1v) is 8.37. The Morgan fingerprint density at radius 1 is 1.29 bits per heavy atom. The van der Waals surface area contributed by atoms with Gasteiger partial charge in [0, 0.05) is 12.7 Å². The fraction of sp³-hybridized carbons (Fsp3) is 0.267. The molecule has 1 aliphatic carbocycles. The molecule has 1 aromatic carbocycles. The summed E-state index contributed by atoms with van der Waals surface area (Å²) in [5, 5.41) is 8.58. The van der Waals surface area contributed by atoms with Crippen LogP contribution in [0.15, 0.2) is 47.5 Å². The lowest BCUT2D eigenvalue weighted by Gasteiger charge is -2.13. The molecule has 2 aromatic rings. The molecule has 6 heteroatoms. The standard InChI is InChI=1S/C15H17N3O2S/c16-21(19,20)13-5-1-3-11(9-13)10-18-14-7-6-12-4-2-8-17-15(12)14/h1-5,8-9,14,18H,6-7,10H2,(H2,16,19,20). The lowest BCUT2D eigenvalue weighted by molar-refractivity contribution is 0.520. The van der Waals surface area contributed by atoms with E-state index in [1.807, 2.05) is 12.1 Å². The first-order valence-electron chi connectivity index (χ1n) is 6.83. The Morgan fingerprint density at radius 3 is 2.95 bits per heavy atom. The van der Waals surface area contributed by atoms with Crippen molar-refractivity contribution in [2.45, 2.75) is 30.3 Å². The van der Waals surface area contributed by atoms with Gasteiger partial charge in [-0.15, -0.1) is 0 Å². The van der Waals surface area contributed by atoms with Crippen LogP contribution in [0.4, 0.5) is 0 Å². The molecule has 0 spiro atoms. The second-order valence-corrected chi connectivity index (χ2v) is 6.77. The Morgan fingerprint density at radius 2 is 2.14 bits per heavy atom. The van der Waals surface area contributed by atoms with Gasteiger partial charge in [0.25, 0.3) is 0 Å². The van der Waals surface area contributed by atoms with Crippen LogP contribution in [-0.4, -0.2) is 13.4 Å². The highest BCUT2D eigenvalue weighted by Crippen LogP contribution is 2.29. The Labute approximate surface area is 124 Å². The van der Waals surface area contributed by atoms with Crippen molar-refractivity contribution >= 4 is 10.0 Å². The molecule has 0 saturated heterocycles. The second-order valence-electron chi connectivity index (χ2n) is 5.21. The first kappa shape index (κ1) is 14.2. The molecule has 1 heterocycles. The molecule has 21 heavy (non-hydrogen) atoms. The van der Waals surface area contributed by atoms with Crippen LogP contribution >= 0.6 is 0 Å². The fourth-order valence-electron chi connectivity index (χ4n) is 2.68. The highest BCUT2D eigenvalue weighted by molar-refractivity contribution is 7.89. The molecular formula is C15H17N3O2S. The fourth-order valence-corrected chi connectivity index (χ4v) is 3.27. The lowest BCUT2D eigenvalue weighted by Crippen LogP contribution is -2.20. The molecule has 3 rings (SSSR count). The van der Waals surface area contributed by atoms with Crippen molar-refractivity contribution in [2.75, 3.05) is 0 Å². The van der Waals surface area contributed by atoms with Gasteiger partial charge in [-0.1, -0.05) is 18.2 Å². The number of aromatic nitrogens is 1. The van der Waals surface area contributed by atoms with Crippen molar-refractivity contribution in [2.24, 2.45) is 5.14 Å². The molecule has 0 saturated carbocycles. The van der Waals surface area contributed by atoms with E-state index in [9.17, 15) is 8.42 Å². The van der Waals surface area contributed by atoms with Crippen molar-refractivity contribution in [1.82, 2.24) is 10.3 Å². The maximum Gasteiger partial charge on any atom is 0.238 e. The molecule has 1 atom stereocenters. The third kappa shape index (κ3) is 3.12. The van der Waals surface area contributed by atoms with E-state index in [1.165, 1.54) is 11.6 Å². The SMILES string of the molecule is NS(=O)(=O)c1cccc(CNC2CCc3cccnc32)c1. The molecule has 1 aliphatic rings. The zero-order valence-corrected chi connectivity index (χ0v) is 12.3. The number of benzene rings is 1. The van der Waals surface area contributed by atoms with Crippen LogP contribution in [0.2, 0.25) is 0 Å². The number of primary sulfonamides is 1. The van der Waals surface area contributed by atoms with E-state index >= 15 is 0 Å². The van der Waals surface area contributed by atoms with Gasteiger partial charge in [-0.25, -0.2) is 13.6 Å². The van der Waals surface area contributed by atoms with Crippen LogP contribution in [0.1, 0.15) is 29.3 Å². The summed E-state index contributed by atoms with van der Waals surface area (Å²) in [6.45, 7) is 0.587. The number of nitrogens with one attached hydrogen (secondary N) is 1. The number of nitrogens with two attached hydrogens (primary N) is 1. The highest BCUT2D eigenvalue weighted by atomic mass is 32.2. The number of hydrogen-bond acceptors (Lipinski definition) is 4. The van der Waals surface area contributed by atoms with Gasteiger partial charge < -0.3 is 5.32 Å². The molecular weight excluding hydrogens is 286 g/mol. The number of rotatable bonds is 4. The van der Waals surface area contributed by atoms with E-state index in [-0.39, 0.29) is 10.9 Å². The zero-order chi connectivity index (χ0) is 14.9. The van der Waals surface area contributed by atoms with Crippen molar-refractivity contribution in [3.8, 4) is 0 Å². The van der Waals surface area contributed by atoms with Crippen LogP contribution in [-0.2, 0) is 23.0 Å². The first-order chi connectivity index (χ1) is 10.0. The van der Waals surface area contributed by atoms with Gasteiger partial charge in [-0.05, 0) is 42.2 Å². The molecule has 0 fully saturated rings. The van der Waals surface area contributed by atoms with Crippen LogP contribution in [0, 0.1) is 0 Å². The number of pyridine rings is 1. The molecule has 0 bridgehead atoms. The molecule has 0 radical (unpaired) electrons. The minimum absolute atomic E-state index is 0.145. The van der Waals surface area contributed by atoms with Crippen molar-refractivity contribution in [3.63, 3.8) is 0 Å².